The van der Waals surface area contributed by atoms with E-state index in [1.807, 2.05) is 45.6 Å². The fourth-order valence-electron chi connectivity index (χ4n) is 4.04. The van der Waals surface area contributed by atoms with Crippen molar-refractivity contribution in [2.45, 2.75) is 73.4 Å². The molecule has 0 aromatic heterocycles. The summed E-state index contributed by atoms with van der Waals surface area (Å²) in [5.41, 5.74) is 8.91. The van der Waals surface area contributed by atoms with E-state index >= 15 is 0 Å². The number of hydrogen-bond donors (Lipinski definition) is 1. The highest BCUT2D eigenvalue weighted by Crippen LogP contribution is 2.39. The standard InChI is InChI=1S/C22H35N3O2/c1-8-16(5)25(14(2)3)20(26)18-12-19-17(11-15(18)4)13-22(6,7)21(27)24(19)10-9-23/h11-12,14,16H,8-10,13,23H2,1-7H3/t16-/m1/s1. The minimum Gasteiger partial charge on any atom is -0.334 e. The van der Waals surface area contributed by atoms with Gasteiger partial charge in [0.15, 0.2) is 0 Å². The molecule has 0 aliphatic carbocycles. The Morgan fingerprint density at radius 2 is 1.93 bits per heavy atom. The second kappa shape index (κ2) is 8.01. The molecule has 1 atom stereocenters. The van der Waals surface area contributed by atoms with Crippen LogP contribution in [0.1, 0.15) is 69.4 Å². The molecule has 5 nitrogen and oxygen atoms in total. The summed E-state index contributed by atoms with van der Waals surface area (Å²) in [6.45, 7) is 15.1. The van der Waals surface area contributed by atoms with Gasteiger partial charge in [-0.15, -0.1) is 0 Å². The van der Waals surface area contributed by atoms with Gasteiger partial charge in [0.2, 0.25) is 5.91 Å². The molecule has 27 heavy (non-hydrogen) atoms. The Balaban J connectivity index is 2.56. The van der Waals surface area contributed by atoms with Crippen molar-refractivity contribution in [2.24, 2.45) is 11.1 Å². The van der Waals surface area contributed by atoms with Crippen LogP contribution in [-0.4, -0.2) is 41.9 Å². The first-order valence-electron chi connectivity index (χ1n) is 10.0. The van der Waals surface area contributed by atoms with Gasteiger partial charge in [-0.1, -0.05) is 26.8 Å². The van der Waals surface area contributed by atoms with Crippen LogP contribution in [0.15, 0.2) is 12.1 Å². The first-order valence-corrected chi connectivity index (χ1v) is 10.0. The van der Waals surface area contributed by atoms with E-state index in [0.29, 0.717) is 25.1 Å². The zero-order chi connectivity index (χ0) is 20.5. The van der Waals surface area contributed by atoms with E-state index in [-0.39, 0.29) is 23.9 Å². The number of anilines is 1. The highest BCUT2D eigenvalue weighted by molar-refractivity contribution is 6.03. The zero-order valence-corrected chi connectivity index (χ0v) is 17.9. The predicted molar refractivity (Wildman–Crippen MR) is 111 cm³/mol. The number of amides is 2. The number of carbonyl (C=O) groups excluding carboxylic acids is 2. The maximum Gasteiger partial charge on any atom is 0.254 e. The first-order chi connectivity index (χ1) is 12.5. The van der Waals surface area contributed by atoms with Gasteiger partial charge in [-0.3, -0.25) is 9.59 Å². The number of nitrogens with zero attached hydrogens (tertiary/aromatic N) is 2. The summed E-state index contributed by atoms with van der Waals surface area (Å²) < 4.78 is 0. The summed E-state index contributed by atoms with van der Waals surface area (Å²) in [4.78, 5) is 30.0. The van der Waals surface area contributed by atoms with Crippen LogP contribution in [0.25, 0.3) is 0 Å². The number of benzene rings is 1. The molecule has 0 saturated carbocycles. The van der Waals surface area contributed by atoms with Crippen LogP contribution >= 0.6 is 0 Å². The average Bonchev–Trinajstić information content (AvgIpc) is 2.57. The van der Waals surface area contributed by atoms with Crippen molar-refractivity contribution in [3.8, 4) is 0 Å². The van der Waals surface area contributed by atoms with Crippen LogP contribution in [-0.2, 0) is 11.2 Å². The van der Waals surface area contributed by atoms with Crippen LogP contribution in [0.3, 0.4) is 0 Å². The number of hydrogen-bond acceptors (Lipinski definition) is 3. The Bertz CT molecular complexity index is 725. The van der Waals surface area contributed by atoms with E-state index in [4.69, 9.17) is 5.73 Å². The quantitative estimate of drug-likeness (QED) is 0.830. The molecule has 0 radical (unpaired) electrons. The second-order valence-corrected chi connectivity index (χ2v) is 8.67. The lowest BCUT2D eigenvalue weighted by atomic mass is 9.79. The SMILES string of the molecule is CC[C@@H](C)N(C(=O)c1cc2c(cc1C)CC(C)(C)C(=O)N2CCN)C(C)C. The van der Waals surface area contributed by atoms with Crippen molar-refractivity contribution in [3.63, 3.8) is 0 Å². The number of rotatable bonds is 6. The molecular weight excluding hydrogens is 338 g/mol. The highest BCUT2D eigenvalue weighted by Gasteiger charge is 2.39. The molecule has 1 aromatic rings. The minimum atomic E-state index is -0.458. The van der Waals surface area contributed by atoms with Crippen LogP contribution in [0, 0.1) is 12.3 Å². The Labute approximate surface area is 163 Å². The summed E-state index contributed by atoms with van der Waals surface area (Å²) >= 11 is 0. The normalized spacial score (nSPS) is 17.1. The maximum atomic E-state index is 13.4. The molecule has 1 heterocycles. The Hall–Kier alpha value is -1.88. The van der Waals surface area contributed by atoms with Crippen LogP contribution in [0.4, 0.5) is 5.69 Å². The molecule has 0 saturated heterocycles. The molecule has 1 aliphatic rings. The van der Waals surface area contributed by atoms with Crippen molar-refractivity contribution in [1.82, 2.24) is 4.90 Å². The molecule has 0 spiro atoms. The lowest BCUT2D eigenvalue weighted by molar-refractivity contribution is -0.127. The van der Waals surface area contributed by atoms with E-state index in [1.54, 1.807) is 4.90 Å². The molecule has 5 heteroatoms. The third kappa shape index (κ3) is 4.03. The van der Waals surface area contributed by atoms with Gasteiger partial charge in [0, 0.05) is 41.8 Å². The fourth-order valence-corrected chi connectivity index (χ4v) is 4.04. The topological polar surface area (TPSA) is 66.6 Å². The molecule has 2 rings (SSSR count). The monoisotopic (exact) mass is 373 g/mol. The molecule has 1 aromatic carbocycles. The van der Waals surface area contributed by atoms with Crippen molar-refractivity contribution in [1.29, 1.82) is 0 Å². The first kappa shape index (κ1) is 21.4. The second-order valence-electron chi connectivity index (χ2n) is 8.67. The largest absolute Gasteiger partial charge is 0.334 e. The zero-order valence-electron chi connectivity index (χ0n) is 17.9. The van der Waals surface area contributed by atoms with Gasteiger partial charge in [-0.25, -0.2) is 0 Å². The molecule has 0 fully saturated rings. The maximum absolute atomic E-state index is 13.4. The molecular formula is C22H35N3O2. The van der Waals surface area contributed by atoms with Crippen molar-refractivity contribution in [2.75, 3.05) is 18.0 Å². The van der Waals surface area contributed by atoms with Gasteiger partial charge < -0.3 is 15.5 Å². The van der Waals surface area contributed by atoms with Gasteiger partial charge in [-0.2, -0.15) is 0 Å². The molecule has 150 valence electrons. The van der Waals surface area contributed by atoms with Crippen molar-refractivity contribution >= 4 is 17.5 Å². The molecule has 0 unspecified atom stereocenters. The van der Waals surface area contributed by atoms with Gasteiger partial charge >= 0.3 is 0 Å². The molecule has 1 aliphatic heterocycles. The lowest BCUT2D eigenvalue weighted by Gasteiger charge is -2.39. The summed E-state index contributed by atoms with van der Waals surface area (Å²) in [6, 6.07) is 4.26. The van der Waals surface area contributed by atoms with Crippen molar-refractivity contribution in [3.05, 3.63) is 28.8 Å². The van der Waals surface area contributed by atoms with E-state index in [1.165, 1.54) is 0 Å². The lowest BCUT2D eigenvalue weighted by Crippen LogP contribution is -2.48. The summed E-state index contributed by atoms with van der Waals surface area (Å²) in [5.74, 6) is 0.106. The summed E-state index contributed by atoms with van der Waals surface area (Å²) in [5, 5.41) is 0. The van der Waals surface area contributed by atoms with Gasteiger partial charge in [0.25, 0.3) is 5.91 Å². The van der Waals surface area contributed by atoms with Crippen molar-refractivity contribution < 1.29 is 9.59 Å². The van der Waals surface area contributed by atoms with Gasteiger partial charge in [0.05, 0.1) is 0 Å². The summed E-state index contributed by atoms with van der Waals surface area (Å²) in [7, 11) is 0. The number of carbonyl (C=O) groups is 2. The Kier molecular flexibility index (Phi) is 6.35. The minimum absolute atomic E-state index is 0.0321. The molecule has 0 bridgehead atoms. The predicted octanol–water partition coefficient (Wildman–Crippen LogP) is 3.52. The van der Waals surface area contributed by atoms with Gasteiger partial charge in [-0.05, 0) is 57.7 Å². The van der Waals surface area contributed by atoms with E-state index in [9.17, 15) is 9.59 Å². The van der Waals surface area contributed by atoms with Crippen LogP contribution < -0.4 is 10.6 Å². The summed E-state index contributed by atoms with van der Waals surface area (Å²) in [6.07, 6.45) is 1.58. The molecule has 2 N–H and O–H groups in total. The van der Waals surface area contributed by atoms with Gasteiger partial charge in [0.1, 0.15) is 0 Å². The number of aryl methyl sites for hydroxylation is 1. The van der Waals surface area contributed by atoms with E-state index in [2.05, 4.69) is 19.9 Å². The smallest absolute Gasteiger partial charge is 0.254 e. The third-order valence-corrected chi connectivity index (χ3v) is 5.61. The van der Waals surface area contributed by atoms with Crippen LogP contribution in [0.2, 0.25) is 0 Å². The number of nitrogens with two attached hydrogens (primary N) is 1. The number of fused-ring (bicyclic) bond motifs is 1. The molecule has 2 amide bonds. The Morgan fingerprint density at radius 3 is 2.44 bits per heavy atom. The fraction of sp³-hybridized carbons (Fsp3) is 0.636. The highest BCUT2D eigenvalue weighted by atomic mass is 16.2. The Morgan fingerprint density at radius 1 is 1.30 bits per heavy atom. The third-order valence-electron chi connectivity index (χ3n) is 5.61. The van der Waals surface area contributed by atoms with E-state index in [0.717, 1.165) is 23.2 Å². The van der Waals surface area contributed by atoms with Crippen LogP contribution in [0.5, 0.6) is 0 Å². The average molecular weight is 374 g/mol. The van der Waals surface area contributed by atoms with E-state index < -0.39 is 5.41 Å².